The monoisotopic (exact) mass is 277 g/mol. The van der Waals surface area contributed by atoms with E-state index in [1.165, 1.54) is 0 Å². The van der Waals surface area contributed by atoms with E-state index in [2.05, 4.69) is 5.32 Å². The lowest BCUT2D eigenvalue weighted by atomic mass is 10.1. The molecule has 0 bridgehead atoms. The largest absolute Gasteiger partial charge is 0.312 e. The molecule has 108 valence electrons. The average Bonchev–Trinajstić information content (AvgIpc) is 2.11. The van der Waals surface area contributed by atoms with Crippen LogP contribution in [0.2, 0.25) is 0 Å². The van der Waals surface area contributed by atoms with Crippen LogP contribution in [0.3, 0.4) is 0 Å². The predicted molar refractivity (Wildman–Crippen MR) is 75.5 cm³/mol. The molecule has 0 aliphatic carbocycles. The molecule has 0 spiro atoms. The van der Waals surface area contributed by atoms with Crippen LogP contribution < -0.4 is 5.32 Å². The maximum atomic E-state index is 11.8. The van der Waals surface area contributed by atoms with E-state index in [0.717, 1.165) is 0 Å². The van der Waals surface area contributed by atoms with E-state index in [0.29, 0.717) is 13.0 Å². The second-order valence-electron chi connectivity index (χ2n) is 6.65. The smallest absolute Gasteiger partial charge is 0.155 e. The molecule has 0 fully saturated rings. The van der Waals surface area contributed by atoms with Gasteiger partial charge in [-0.15, -0.1) is 0 Å². The number of rotatable bonds is 6. The SMILES string of the molecule is CC(C)(C)NCCC(=O)CCS(=O)(=O)C(C)(C)C. The van der Waals surface area contributed by atoms with Crippen molar-refractivity contribution in [3.63, 3.8) is 0 Å². The van der Waals surface area contributed by atoms with Crippen LogP contribution in [-0.2, 0) is 14.6 Å². The molecule has 4 nitrogen and oxygen atoms in total. The number of nitrogens with one attached hydrogen (secondary N) is 1. The van der Waals surface area contributed by atoms with Crippen molar-refractivity contribution in [2.24, 2.45) is 0 Å². The second kappa shape index (κ2) is 6.15. The number of hydrogen-bond acceptors (Lipinski definition) is 4. The van der Waals surface area contributed by atoms with E-state index in [-0.39, 0.29) is 23.5 Å². The van der Waals surface area contributed by atoms with Crippen LogP contribution in [0.1, 0.15) is 54.4 Å². The topological polar surface area (TPSA) is 63.2 Å². The Labute approximate surface area is 111 Å². The fourth-order valence-corrected chi connectivity index (χ4v) is 2.37. The molecular weight excluding hydrogens is 250 g/mol. The zero-order valence-electron chi connectivity index (χ0n) is 12.5. The number of ketones is 1. The molecule has 0 atom stereocenters. The highest BCUT2D eigenvalue weighted by atomic mass is 32.2. The number of Topliss-reactive ketones (excluding diaryl/α,β-unsaturated/α-hetero) is 1. The molecule has 18 heavy (non-hydrogen) atoms. The Morgan fingerprint density at radius 2 is 1.50 bits per heavy atom. The lowest BCUT2D eigenvalue weighted by Gasteiger charge is -2.20. The lowest BCUT2D eigenvalue weighted by molar-refractivity contribution is -0.118. The van der Waals surface area contributed by atoms with Crippen molar-refractivity contribution in [1.29, 1.82) is 0 Å². The number of carbonyl (C=O) groups is 1. The normalized spacial score (nSPS) is 13.7. The Balaban J connectivity index is 4.07. The summed E-state index contributed by atoms with van der Waals surface area (Å²) in [7, 11) is -3.19. The van der Waals surface area contributed by atoms with Crippen LogP contribution in [0.25, 0.3) is 0 Å². The fraction of sp³-hybridized carbons (Fsp3) is 0.923. The minimum absolute atomic E-state index is 0.000394. The molecule has 5 heteroatoms. The first kappa shape index (κ1) is 17.6. The van der Waals surface area contributed by atoms with Gasteiger partial charge in [0.25, 0.3) is 0 Å². The van der Waals surface area contributed by atoms with Crippen molar-refractivity contribution < 1.29 is 13.2 Å². The zero-order chi connectivity index (χ0) is 14.6. The Kier molecular flexibility index (Phi) is 6.01. The van der Waals surface area contributed by atoms with Crippen molar-refractivity contribution >= 4 is 15.6 Å². The van der Waals surface area contributed by atoms with Gasteiger partial charge in [0.05, 0.1) is 10.5 Å². The van der Waals surface area contributed by atoms with Crippen LogP contribution in [0.5, 0.6) is 0 Å². The van der Waals surface area contributed by atoms with Gasteiger partial charge in [-0.2, -0.15) is 0 Å². The van der Waals surface area contributed by atoms with Gasteiger partial charge in [0.15, 0.2) is 9.84 Å². The average molecular weight is 277 g/mol. The maximum Gasteiger partial charge on any atom is 0.155 e. The lowest BCUT2D eigenvalue weighted by Crippen LogP contribution is -2.37. The summed E-state index contributed by atoms with van der Waals surface area (Å²) in [5.41, 5.74) is -0.0161. The molecule has 0 aliphatic heterocycles. The first-order valence-electron chi connectivity index (χ1n) is 6.34. The van der Waals surface area contributed by atoms with Gasteiger partial charge in [-0.1, -0.05) is 0 Å². The summed E-state index contributed by atoms with van der Waals surface area (Å²) >= 11 is 0. The van der Waals surface area contributed by atoms with Crippen LogP contribution in [0.15, 0.2) is 0 Å². The van der Waals surface area contributed by atoms with Crippen LogP contribution >= 0.6 is 0 Å². The van der Waals surface area contributed by atoms with Gasteiger partial charge in [-0.25, -0.2) is 8.42 Å². The van der Waals surface area contributed by atoms with E-state index in [4.69, 9.17) is 0 Å². The fourth-order valence-electron chi connectivity index (χ4n) is 1.26. The minimum atomic E-state index is -3.19. The van der Waals surface area contributed by atoms with Crippen molar-refractivity contribution in [3.8, 4) is 0 Å². The molecule has 0 heterocycles. The van der Waals surface area contributed by atoms with Crippen LogP contribution in [-0.4, -0.2) is 36.8 Å². The van der Waals surface area contributed by atoms with Gasteiger partial charge in [0, 0.05) is 24.9 Å². The molecular formula is C13H27NO3S. The molecule has 0 aliphatic rings. The summed E-state index contributed by atoms with van der Waals surface area (Å²) in [6.07, 6.45) is 0.502. The third-order valence-electron chi connectivity index (χ3n) is 2.64. The highest BCUT2D eigenvalue weighted by Gasteiger charge is 2.28. The summed E-state index contributed by atoms with van der Waals surface area (Å²) < 4.78 is 22.9. The van der Waals surface area contributed by atoms with Gasteiger partial charge < -0.3 is 5.32 Å². The van der Waals surface area contributed by atoms with Gasteiger partial charge in [0.1, 0.15) is 5.78 Å². The van der Waals surface area contributed by atoms with Gasteiger partial charge >= 0.3 is 0 Å². The molecule has 0 saturated heterocycles. The summed E-state index contributed by atoms with van der Waals surface area (Å²) in [6.45, 7) is 11.7. The van der Waals surface area contributed by atoms with Crippen molar-refractivity contribution in [3.05, 3.63) is 0 Å². The van der Waals surface area contributed by atoms with E-state index in [9.17, 15) is 13.2 Å². The van der Waals surface area contributed by atoms with Crippen molar-refractivity contribution in [2.75, 3.05) is 12.3 Å². The van der Waals surface area contributed by atoms with Gasteiger partial charge in [0.2, 0.25) is 0 Å². The standard InChI is InChI=1S/C13H27NO3S/c1-12(2,3)14-9-7-11(15)8-10-18(16,17)13(4,5)6/h14H,7-10H2,1-6H3. The first-order chi connectivity index (χ1) is 7.85. The Morgan fingerprint density at radius 1 is 1.00 bits per heavy atom. The highest BCUT2D eigenvalue weighted by Crippen LogP contribution is 2.17. The predicted octanol–water partition coefficient (Wildman–Crippen LogP) is 1.94. The van der Waals surface area contributed by atoms with Gasteiger partial charge in [-0.05, 0) is 41.5 Å². The molecule has 0 aromatic heterocycles. The third-order valence-corrected chi connectivity index (χ3v) is 5.25. The van der Waals surface area contributed by atoms with Gasteiger partial charge in [-0.3, -0.25) is 4.79 Å². The summed E-state index contributed by atoms with van der Waals surface area (Å²) in [5.74, 6) is -0.0511. The third kappa shape index (κ3) is 7.11. The Bertz CT molecular complexity index is 372. The van der Waals surface area contributed by atoms with E-state index < -0.39 is 14.6 Å². The molecule has 0 rings (SSSR count). The molecule has 0 aromatic carbocycles. The summed E-state index contributed by atoms with van der Waals surface area (Å²) in [4.78, 5) is 11.6. The van der Waals surface area contributed by atoms with E-state index >= 15 is 0 Å². The quantitative estimate of drug-likeness (QED) is 0.806. The van der Waals surface area contributed by atoms with Crippen LogP contribution in [0.4, 0.5) is 0 Å². The minimum Gasteiger partial charge on any atom is -0.312 e. The second-order valence-corrected chi connectivity index (χ2v) is 9.51. The molecule has 0 aromatic rings. The van der Waals surface area contributed by atoms with E-state index in [1.54, 1.807) is 20.8 Å². The molecule has 0 saturated carbocycles. The number of sulfone groups is 1. The molecule has 0 radical (unpaired) electrons. The summed E-state index contributed by atoms with van der Waals surface area (Å²) in [5, 5.41) is 3.21. The molecule has 0 unspecified atom stereocenters. The van der Waals surface area contributed by atoms with E-state index in [1.807, 2.05) is 20.8 Å². The number of hydrogen-bond donors (Lipinski definition) is 1. The Morgan fingerprint density at radius 3 is 1.89 bits per heavy atom. The van der Waals surface area contributed by atoms with Crippen molar-refractivity contribution in [1.82, 2.24) is 5.32 Å². The maximum absolute atomic E-state index is 11.8. The summed E-state index contributed by atoms with van der Waals surface area (Å²) in [6, 6.07) is 0. The number of carbonyl (C=O) groups excluding carboxylic acids is 1. The zero-order valence-corrected chi connectivity index (χ0v) is 13.3. The molecule has 0 amide bonds. The Hall–Kier alpha value is -0.420. The van der Waals surface area contributed by atoms with Crippen molar-refractivity contribution in [2.45, 2.75) is 64.7 Å². The first-order valence-corrected chi connectivity index (χ1v) is 7.99. The van der Waals surface area contributed by atoms with Crippen LogP contribution in [0, 0.1) is 0 Å². The molecule has 1 N–H and O–H groups in total. The highest BCUT2D eigenvalue weighted by molar-refractivity contribution is 7.92.